The zero-order valence-electron chi connectivity index (χ0n) is 9.12. The first-order valence-corrected chi connectivity index (χ1v) is 5.50. The van der Waals surface area contributed by atoms with Gasteiger partial charge in [0.2, 0.25) is 0 Å². The Morgan fingerprint density at radius 3 is 2.56 bits per heavy atom. The van der Waals surface area contributed by atoms with E-state index < -0.39 is 5.97 Å². The van der Waals surface area contributed by atoms with Gasteiger partial charge in [-0.3, -0.25) is 4.79 Å². The molecule has 4 nitrogen and oxygen atoms in total. The molecular formula is C11H13BrO4. The Bertz CT molecular complexity index is 390. The quantitative estimate of drug-likeness (QED) is 0.904. The van der Waals surface area contributed by atoms with Gasteiger partial charge in [-0.05, 0) is 12.5 Å². The van der Waals surface area contributed by atoms with Crippen molar-refractivity contribution in [2.75, 3.05) is 14.2 Å². The zero-order valence-corrected chi connectivity index (χ0v) is 10.7. The third-order valence-electron chi connectivity index (χ3n) is 2.17. The minimum Gasteiger partial charge on any atom is -0.497 e. The second kappa shape index (κ2) is 5.75. The van der Waals surface area contributed by atoms with Crippen LogP contribution in [0.4, 0.5) is 0 Å². The number of methoxy groups -OCH3 is 2. The van der Waals surface area contributed by atoms with Gasteiger partial charge < -0.3 is 14.6 Å². The Balaban J connectivity index is 3.01. The maximum absolute atomic E-state index is 10.5. The lowest BCUT2D eigenvalue weighted by molar-refractivity contribution is -0.136. The van der Waals surface area contributed by atoms with Crippen LogP contribution >= 0.6 is 15.9 Å². The number of carbonyl (C=O) groups is 1. The van der Waals surface area contributed by atoms with Crippen molar-refractivity contribution < 1.29 is 19.4 Å². The monoisotopic (exact) mass is 288 g/mol. The van der Waals surface area contributed by atoms with Crippen LogP contribution in [0.3, 0.4) is 0 Å². The number of aliphatic carboxylic acids is 1. The summed E-state index contributed by atoms with van der Waals surface area (Å²) in [5, 5.41) is 8.65. The van der Waals surface area contributed by atoms with E-state index in [1.807, 2.05) is 0 Å². The van der Waals surface area contributed by atoms with E-state index in [1.165, 1.54) is 0 Å². The smallest absolute Gasteiger partial charge is 0.303 e. The number of hydrogen-bond acceptors (Lipinski definition) is 3. The van der Waals surface area contributed by atoms with Crippen molar-refractivity contribution >= 4 is 21.9 Å². The number of ether oxygens (including phenoxy) is 2. The topological polar surface area (TPSA) is 55.8 Å². The summed E-state index contributed by atoms with van der Waals surface area (Å²) in [6.45, 7) is 0. The molecule has 5 heteroatoms. The van der Waals surface area contributed by atoms with Crippen molar-refractivity contribution in [2.24, 2.45) is 0 Å². The summed E-state index contributed by atoms with van der Waals surface area (Å²) in [5.41, 5.74) is 0.839. The summed E-state index contributed by atoms with van der Waals surface area (Å²) in [7, 11) is 3.11. The molecule has 0 aliphatic rings. The van der Waals surface area contributed by atoms with Gasteiger partial charge in [-0.25, -0.2) is 0 Å². The molecule has 0 saturated carbocycles. The second-order valence-corrected chi connectivity index (χ2v) is 4.04. The van der Waals surface area contributed by atoms with Crippen LogP contribution in [0.1, 0.15) is 12.0 Å². The van der Waals surface area contributed by atoms with Gasteiger partial charge >= 0.3 is 5.97 Å². The lowest BCUT2D eigenvalue weighted by Crippen LogP contribution is -2.01. The van der Waals surface area contributed by atoms with Crippen molar-refractivity contribution in [1.82, 2.24) is 0 Å². The molecule has 1 rings (SSSR count). The largest absolute Gasteiger partial charge is 0.497 e. The molecule has 88 valence electrons. The molecule has 0 atom stereocenters. The fourth-order valence-electron chi connectivity index (χ4n) is 1.36. The van der Waals surface area contributed by atoms with Crippen LogP contribution < -0.4 is 9.47 Å². The Labute approximate surface area is 102 Å². The molecule has 0 unspecified atom stereocenters. The Morgan fingerprint density at radius 2 is 2.06 bits per heavy atom. The first kappa shape index (κ1) is 12.8. The van der Waals surface area contributed by atoms with Crippen LogP contribution in [-0.4, -0.2) is 25.3 Å². The molecule has 1 aromatic rings. The van der Waals surface area contributed by atoms with E-state index in [9.17, 15) is 4.79 Å². The fourth-order valence-corrected chi connectivity index (χ4v) is 1.98. The molecular weight excluding hydrogens is 276 g/mol. The van der Waals surface area contributed by atoms with Crippen LogP contribution in [0.5, 0.6) is 11.5 Å². The summed E-state index contributed by atoms with van der Waals surface area (Å²) >= 11 is 3.38. The highest BCUT2D eigenvalue weighted by Crippen LogP contribution is 2.33. The third-order valence-corrected chi connectivity index (χ3v) is 2.88. The van der Waals surface area contributed by atoms with Crippen molar-refractivity contribution in [3.8, 4) is 11.5 Å². The van der Waals surface area contributed by atoms with E-state index >= 15 is 0 Å². The van der Waals surface area contributed by atoms with E-state index in [4.69, 9.17) is 14.6 Å². The highest BCUT2D eigenvalue weighted by molar-refractivity contribution is 9.10. The van der Waals surface area contributed by atoms with Gasteiger partial charge in [0.15, 0.2) is 0 Å². The van der Waals surface area contributed by atoms with Gasteiger partial charge in [-0.15, -0.1) is 0 Å². The van der Waals surface area contributed by atoms with Crippen molar-refractivity contribution in [3.05, 3.63) is 22.2 Å². The highest BCUT2D eigenvalue weighted by atomic mass is 79.9. The summed E-state index contributed by atoms with van der Waals surface area (Å²) in [4.78, 5) is 10.5. The molecule has 0 radical (unpaired) electrons. The predicted molar refractivity (Wildman–Crippen MR) is 63.2 cm³/mol. The molecule has 0 amide bonds. The molecule has 16 heavy (non-hydrogen) atoms. The SMILES string of the molecule is COc1cc(Br)c(CCC(=O)O)c(OC)c1. The molecule has 0 heterocycles. The average Bonchev–Trinajstić information content (AvgIpc) is 2.26. The van der Waals surface area contributed by atoms with Gasteiger partial charge in [0.1, 0.15) is 11.5 Å². The summed E-state index contributed by atoms with van der Waals surface area (Å²) < 4.78 is 11.1. The molecule has 0 bridgehead atoms. The molecule has 0 aromatic heterocycles. The summed E-state index contributed by atoms with van der Waals surface area (Å²) in [6.07, 6.45) is 0.490. The predicted octanol–water partition coefficient (Wildman–Crippen LogP) is 2.48. The van der Waals surface area contributed by atoms with Gasteiger partial charge in [0, 0.05) is 22.5 Å². The first-order valence-electron chi connectivity index (χ1n) is 4.70. The molecule has 0 fully saturated rings. The summed E-state index contributed by atoms with van der Waals surface area (Å²) in [5.74, 6) is 0.472. The van der Waals surface area contributed by atoms with E-state index in [0.29, 0.717) is 17.9 Å². The normalized spacial score (nSPS) is 9.94. The van der Waals surface area contributed by atoms with Crippen molar-refractivity contribution in [3.63, 3.8) is 0 Å². The van der Waals surface area contributed by atoms with Crippen molar-refractivity contribution in [2.45, 2.75) is 12.8 Å². The Kier molecular flexibility index (Phi) is 4.61. The standard InChI is InChI=1S/C11H13BrO4/c1-15-7-5-9(12)8(3-4-11(13)14)10(6-7)16-2/h5-6H,3-4H2,1-2H3,(H,13,14). The van der Waals surface area contributed by atoms with Crippen LogP contribution in [0.15, 0.2) is 16.6 Å². The molecule has 1 aromatic carbocycles. The third kappa shape index (κ3) is 3.13. The number of benzene rings is 1. The van der Waals surface area contributed by atoms with Gasteiger partial charge in [-0.2, -0.15) is 0 Å². The van der Waals surface area contributed by atoms with E-state index in [2.05, 4.69) is 15.9 Å². The molecule has 0 spiro atoms. The van der Waals surface area contributed by atoms with Gasteiger partial charge in [0.05, 0.1) is 14.2 Å². The van der Waals surface area contributed by atoms with Crippen LogP contribution in [0.2, 0.25) is 0 Å². The fraction of sp³-hybridized carbons (Fsp3) is 0.364. The number of rotatable bonds is 5. The molecule has 0 aliphatic heterocycles. The number of halogens is 1. The van der Waals surface area contributed by atoms with E-state index in [-0.39, 0.29) is 6.42 Å². The van der Waals surface area contributed by atoms with Gasteiger partial charge in [-0.1, -0.05) is 15.9 Å². The lowest BCUT2D eigenvalue weighted by atomic mass is 10.1. The highest BCUT2D eigenvalue weighted by Gasteiger charge is 2.11. The van der Waals surface area contributed by atoms with E-state index in [1.54, 1.807) is 26.4 Å². The Hall–Kier alpha value is -1.23. The number of carboxylic acid groups (broad SMARTS) is 1. The number of carboxylic acids is 1. The Morgan fingerprint density at radius 1 is 1.38 bits per heavy atom. The lowest BCUT2D eigenvalue weighted by Gasteiger charge is -2.11. The van der Waals surface area contributed by atoms with Crippen LogP contribution in [0.25, 0.3) is 0 Å². The molecule has 0 aliphatic carbocycles. The van der Waals surface area contributed by atoms with Crippen LogP contribution in [0, 0.1) is 0 Å². The maximum Gasteiger partial charge on any atom is 0.303 e. The maximum atomic E-state index is 10.5. The second-order valence-electron chi connectivity index (χ2n) is 3.18. The summed E-state index contributed by atoms with van der Waals surface area (Å²) in [6, 6.07) is 3.53. The average molecular weight is 289 g/mol. The zero-order chi connectivity index (χ0) is 12.1. The molecule has 0 saturated heterocycles. The van der Waals surface area contributed by atoms with Crippen molar-refractivity contribution in [1.29, 1.82) is 0 Å². The minimum atomic E-state index is -0.829. The van der Waals surface area contributed by atoms with Crippen LogP contribution in [-0.2, 0) is 11.2 Å². The number of hydrogen-bond donors (Lipinski definition) is 1. The van der Waals surface area contributed by atoms with E-state index in [0.717, 1.165) is 10.0 Å². The van der Waals surface area contributed by atoms with Gasteiger partial charge in [0.25, 0.3) is 0 Å². The first-order chi connectivity index (χ1) is 7.58. The minimum absolute atomic E-state index is 0.0707. The molecule has 1 N–H and O–H groups in total.